The van der Waals surface area contributed by atoms with Crippen LogP contribution in [0.5, 0.6) is 0 Å². The first-order valence-electron chi connectivity index (χ1n) is 9.68. The molecule has 0 unspecified atom stereocenters. The lowest BCUT2D eigenvalue weighted by molar-refractivity contribution is -0.132. The average molecular weight is 411 g/mol. The van der Waals surface area contributed by atoms with Gasteiger partial charge in [-0.25, -0.2) is 9.97 Å². The number of nitriles is 1. The van der Waals surface area contributed by atoms with Gasteiger partial charge in [0.1, 0.15) is 11.9 Å². The van der Waals surface area contributed by atoms with E-state index in [2.05, 4.69) is 15.3 Å². The molecule has 10 heteroatoms. The van der Waals surface area contributed by atoms with Gasteiger partial charge < -0.3 is 19.5 Å². The van der Waals surface area contributed by atoms with E-state index in [9.17, 15) is 14.9 Å². The van der Waals surface area contributed by atoms with Crippen LogP contribution in [0.15, 0.2) is 22.6 Å². The Morgan fingerprint density at radius 3 is 2.60 bits per heavy atom. The number of carbonyl (C=O) groups excluding carboxylic acids is 2. The summed E-state index contributed by atoms with van der Waals surface area (Å²) in [6.45, 7) is 5.91. The van der Waals surface area contributed by atoms with Gasteiger partial charge >= 0.3 is 0 Å². The van der Waals surface area contributed by atoms with Crippen LogP contribution in [0.1, 0.15) is 17.3 Å². The zero-order chi connectivity index (χ0) is 21.7. The lowest BCUT2D eigenvalue weighted by Gasteiger charge is -2.35. The van der Waals surface area contributed by atoms with Crippen molar-refractivity contribution >= 4 is 23.5 Å². The maximum absolute atomic E-state index is 12.6. The molecule has 0 aliphatic carbocycles. The summed E-state index contributed by atoms with van der Waals surface area (Å²) >= 11 is 0. The van der Waals surface area contributed by atoms with Crippen molar-refractivity contribution in [1.82, 2.24) is 19.8 Å². The minimum atomic E-state index is -0.224. The molecule has 0 radical (unpaired) electrons. The van der Waals surface area contributed by atoms with E-state index in [-0.39, 0.29) is 30.6 Å². The van der Waals surface area contributed by atoms with Crippen LogP contribution < -0.4 is 10.2 Å². The van der Waals surface area contributed by atoms with Crippen molar-refractivity contribution in [2.45, 2.75) is 13.8 Å². The number of nitrogens with one attached hydrogen (secondary N) is 1. The van der Waals surface area contributed by atoms with Gasteiger partial charge in [-0.2, -0.15) is 5.26 Å². The zero-order valence-corrected chi connectivity index (χ0v) is 17.4. The van der Waals surface area contributed by atoms with E-state index in [0.717, 1.165) is 5.69 Å². The second kappa shape index (κ2) is 9.37. The van der Waals surface area contributed by atoms with Crippen molar-refractivity contribution in [3.63, 3.8) is 0 Å². The number of piperazine rings is 1. The van der Waals surface area contributed by atoms with Crippen LogP contribution >= 0.6 is 0 Å². The molecule has 2 amide bonds. The molecule has 1 aliphatic heterocycles. The predicted octanol–water partition coefficient (Wildman–Crippen LogP) is 0.777. The molecule has 158 valence electrons. The summed E-state index contributed by atoms with van der Waals surface area (Å²) in [4.78, 5) is 38.4. The third kappa shape index (κ3) is 5.33. The molecule has 10 nitrogen and oxygen atoms in total. The van der Waals surface area contributed by atoms with Gasteiger partial charge in [-0.1, -0.05) is 6.07 Å². The van der Waals surface area contributed by atoms with E-state index in [1.54, 1.807) is 29.8 Å². The summed E-state index contributed by atoms with van der Waals surface area (Å²) in [6.07, 6.45) is 0. The molecule has 2 aromatic heterocycles. The predicted molar refractivity (Wildman–Crippen MR) is 110 cm³/mol. The molecule has 3 rings (SSSR count). The molecule has 2 aromatic rings. The first-order chi connectivity index (χ1) is 14.4. The number of pyridine rings is 1. The fourth-order valence-electron chi connectivity index (χ4n) is 3.29. The van der Waals surface area contributed by atoms with Crippen molar-refractivity contribution in [3.05, 3.63) is 35.5 Å². The maximum atomic E-state index is 12.6. The van der Waals surface area contributed by atoms with E-state index in [1.807, 2.05) is 30.0 Å². The van der Waals surface area contributed by atoms with Gasteiger partial charge in [0.05, 0.1) is 13.1 Å². The number of aryl methyl sites for hydroxylation is 2. The van der Waals surface area contributed by atoms with E-state index < -0.39 is 0 Å². The number of rotatable bonds is 6. The van der Waals surface area contributed by atoms with Crippen LogP contribution in [0, 0.1) is 25.2 Å². The van der Waals surface area contributed by atoms with Gasteiger partial charge in [0, 0.05) is 38.8 Å². The van der Waals surface area contributed by atoms with E-state index in [4.69, 9.17) is 4.42 Å². The minimum Gasteiger partial charge on any atom is -0.424 e. The van der Waals surface area contributed by atoms with Gasteiger partial charge in [0.25, 0.3) is 0 Å². The monoisotopic (exact) mass is 411 g/mol. The van der Waals surface area contributed by atoms with E-state index in [1.165, 1.54) is 0 Å². The number of hydrogen-bond donors (Lipinski definition) is 1. The Morgan fingerprint density at radius 2 is 1.93 bits per heavy atom. The zero-order valence-electron chi connectivity index (χ0n) is 17.4. The molecule has 3 heterocycles. The largest absolute Gasteiger partial charge is 0.424 e. The third-order valence-corrected chi connectivity index (χ3v) is 4.72. The Hall–Kier alpha value is -3.45. The van der Waals surface area contributed by atoms with Gasteiger partial charge in [0.2, 0.25) is 23.4 Å². The Bertz CT molecular complexity index is 958. The number of hydrogen-bond acceptors (Lipinski definition) is 8. The highest BCUT2D eigenvalue weighted by atomic mass is 16.4. The number of carbonyl (C=O) groups is 2. The number of anilines is 2. The summed E-state index contributed by atoms with van der Waals surface area (Å²) in [5.74, 6) is 1.13. The van der Waals surface area contributed by atoms with Crippen LogP contribution in [0.3, 0.4) is 0 Å². The second-order valence-electron chi connectivity index (χ2n) is 7.25. The maximum Gasteiger partial charge on any atom is 0.239 e. The van der Waals surface area contributed by atoms with Gasteiger partial charge in [-0.3, -0.25) is 14.5 Å². The molecule has 1 saturated heterocycles. The molecule has 30 heavy (non-hydrogen) atoms. The number of amides is 2. The number of nitrogens with zero attached hydrogens (tertiary/aromatic N) is 6. The first kappa shape index (κ1) is 21.3. The van der Waals surface area contributed by atoms with Crippen LogP contribution in [0.2, 0.25) is 0 Å². The van der Waals surface area contributed by atoms with Crippen molar-refractivity contribution < 1.29 is 14.0 Å². The smallest absolute Gasteiger partial charge is 0.239 e. The van der Waals surface area contributed by atoms with Crippen molar-refractivity contribution in [2.24, 2.45) is 0 Å². The molecule has 0 aromatic carbocycles. The topological polar surface area (TPSA) is 119 Å². The van der Waals surface area contributed by atoms with Gasteiger partial charge in [0.15, 0.2) is 5.89 Å². The number of aromatic nitrogens is 2. The Balaban J connectivity index is 1.46. The van der Waals surface area contributed by atoms with Crippen molar-refractivity contribution in [2.75, 3.05) is 56.5 Å². The molecule has 0 bridgehead atoms. The van der Waals surface area contributed by atoms with Gasteiger partial charge in [-0.15, -0.1) is 0 Å². The lowest BCUT2D eigenvalue weighted by Crippen LogP contribution is -2.51. The number of likely N-dealkylation sites (N-methyl/N-ethyl adjacent to an activating group) is 1. The molecule has 1 N–H and O–H groups in total. The second-order valence-corrected chi connectivity index (χ2v) is 7.25. The van der Waals surface area contributed by atoms with Crippen LogP contribution in [-0.4, -0.2) is 77.9 Å². The van der Waals surface area contributed by atoms with Gasteiger partial charge in [-0.05, 0) is 26.1 Å². The summed E-state index contributed by atoms with van der Waals surface area (Å²) in [5.41, 5.74) is 1.08. The molecule has 0 atom stereocenters. The highest BCUT2D eigenvalue weighted by Crippen LogP contribution is 2.22. The van der Waals surface area contributed by atoms with Crippen LogP contribution in [-0.2, 0) is 9.59 Å². The normalized spacial score (nSPS) is 14.0. The van der Waals surface area contributed by atoms with Crippen molar-refractivity contribution in [3.8, 4) is 6.07 Å². The highest BCUT2D eigenvalue weighted by Gasteiger charge is 2.26. The average Bonchev–Trinajstić information content (AvgIpc) is 3.08. The molecular formula is C20H25N7O3. The molecular weight excluding hydrogens is 386 g/mol. The quantitative estimate of drug-likeness (QED) is 0.741. The SMILES string of the molecule is Cc1cccc(NC(=O)CN(C)CC(=O)N2CCN(c3oc(C)nc3C#N)CC2)n1. The summed E-state index contributed by atoms with van der Waals surface area (Å²) in [5, 5.41) is 11.9. The fourth-order valence-corrected chi connectivity index (χ4v) is 3.29. The molecule has 0 saturated carbocycles. The highest BCUT2D eigenvalue weighted by molar-refractivity contribution is 5.91. The molecule has 1 aliphatic rings. The Kier molecular flexibility index (Phi) is 6.64. The summed E-state index contributed by atoms with van der Waals surface area (Å²) in [7, 11) is 1.73. The van der Waals surface area contributed by atoms with E-state index in [0.29, 0.717) is 43.8 Å². The van der Waals surface area contributed by atoms with Crippen molar-refractivity contribution in [1.29, 1.82) is 5.26 Å². The van der Waals surface area contributed by atoms with E-state index >= 15 is 0 Å². The Morgan fingerprint density at radius 1 is 1.20 bits per heavy atom. The Labute approximate surface area is 175 Å². The van der Waals surface area contributed by atoms with Crippen LogP contribution in [0.4, 0.5) is 11.7 Å². The van der Waals surface area contributed by atoms with Crippen LogP contribution in [0.25, 0.3) is 0 Å². The summed E-state index contributed by atoms with van der Waals surface area (Å²) in [6, 6.07) is 7.44. The molecule has 1 fully saturated rings. The summed E-state index contributed by atoms with van der Waals surface area (Å²) < 4.78 is 5.54. The standard InChI is InChI=1S/C20H25N7O3/c1-14-5-4-6-17(22-14)24-18(28)12-25(3)13-19(29)26-7-9-27(10-8-26)20-16(11-21)23-15(2)30-20/h4-6H,7-10,12-13H2,1-3H3,(H,22,24,28). The number of oxazole rings is 1. The first-order valence-corrected chi connectivity index (χ1v) is 9.68. The molecule has 0 spiro atoms. The minimum absolute atomic E-state index is 0.0483. The lowest BCUT2D eigenvalue weighted by atomic mass is 10.3. The third-order valence-electron chi connectivity index (χ3n) is 4.72. The fraction of sp³-hybridized carbons (Fsp3) is 0.450.